The van der Waals surface area contributed by atoms with Gasteiger partial charge in [-0.2, -0.15) is 13.2 Å². The average molecular weight is 602 g/mol. The second-order valence-electron chi connectivity index (χ2n) is 9.70. The number of aromatic hydroxyl groups is 1. The van der Waals surface area contributed by atoms with E-state index >= 15 is 0 Å². The highest BCUT2D eigenvalue weighted by Gasteiger charge is 2.46. The Labute approximate surface area is 238 Å². The van der Waals surface area contributed by atoms with Gasteiger partial charge in [-0.1, -0.05) is 18.2 Å². The topological polar surface area (TPSA) is 118 Å². The molecule has 0 radical (unpaired) electrons. The Morgan fingerprint density at radius 2 is 1.60 bits per heavy atom. The third kappa shape index (κ3) is 5.24. The summed E-state index contributed by atoms with van der Waals surface area (Å²) in [5.74, 6) is -0.730. The van der Waals surface area contributed by atoms with Crippen LogP contribution in [0.4, 0.5) is 18.9 Å². The largest absolute Gasteiger partial charge is 0.501 e. The molecule has 1 fully saturated rings. The summed E-state index contributed by atoms with van der Waals surface area (Å²) in [5, 5.41) is 10.7. The molecule has 1 N–H and O–H groups in total. The van der Waals surface area contributed by atoms with Gasteiger partial charge in [0.1, 0.15) is 0 Å². The zero-order chi connectivity index (χ0) is 30.2. The minimum Gasteiger partial charge on any atom is -0.493 e. The number of imidazole rings is 1. The molecule has 2 aromatic carbocycles. The van der Waals surface area contributed by atoms with E-state index in [0.29, 0.717) is 49.4 Å². The van der Waals surface area contributed by atoms with Gasteiger partial charge in [0.2, 0.25) is 5.88 Å². The molecular formula is C28H26F3N5O5S. The number of aromatic nitrogens is 3. The first kappa shape index (κ1) is 28.9. The summed E-state index contributed by atoms with van der Waals surface area (Å²) in [5.41, 5.74) is -4.27. The van der Waals surface area contributed by atoms with Crippen molar-refractivity contribution in [3.63, 3.8) is 0 Å². The Balaban J connectivity index is 1.39. The van der Waals surface area contributed by atoms with Crippen molar-refractivity contribution in [1.82, 2.24) is 19.0 Å². The van der Waals surface area contributed by atoms with Crippen molar-refractivity contribution in [2.45, 2.75) is 23.9 Å². The predicted molar refractivity (Wildman–Crippen MR) is 148 cm³/mol. The van der Waals surface area contributed by atoms with Crippen LogP contribution in [0.25, 0.3) is 5.69 Å². The molecule has 2 aromatic heterocycles. The molecular weight excluding hydrogens is 575 g/mol. The molecule has 0 spiro atoms. The maximum absolute atomic E-state index is 13.5. The molecule has 0 aliphatic carbocycles. The Bertz CT molecular complexity index is 1780. The lowest BCUT2D eigenvalue weighted by Crippen LogP contribution is -2.49. The predicted octanol–water partition coefficient (Wildman–Crippen LogP) is 3.35. The van der Waals surface area contributed by atoms with Gasteiger partial charge >= 0.3 is 11.2 Å². The molecule has 42 heavy (non-hydrogen) atoms. The van der Waals surface area contributed by atoms with Gasteiger partial charge in [0.15, 0.2) is 0 Å². The molecule has 1 saturated heterocycles. The molecule has 1 amide bonds. The Hall–Kier alpha value is -4.59. The number of piperazine rings is 1. The van der Waals surface area contributed by atoms with Crippen molar-refractivity contribution in [2.24, 2.45) is 0 Å². The highest BCUT2D eigenvalue weighted by Crippen LogP contribution is 2.31. The number of hydrogen-bond acceptors (Lipinski definition) is 7. The van der Waals surface area contributed by atoms with Crippen molar-refractivity contribution in [1.29, 1.82) is 0 Å². The van der Waals surface area contributed by atoms with Crippen molar-refractivity contribution in [3.05, 3.63) is 100 Å². The number of anilines is 1. The van der Waals surface area contributed by atoms with Gasteiger partial charge in [-0.3, -0.25) is 14.3 Å². The molecule has 0 bridgehead atoms. The highest BCUT2D eigenvalue weighted by molar-refractivity contribution is 7.92. The molecule has 0 unspecified atom stereocenters. The van der Waals surface area contributed by atoms with Gasteiger partial charge in [-0.05, 0) is 55.0 Å². The van der Waals surface area contributed by atoms with Crippen LogP contribution in [0.5, 0.6) is 5.88 Å². The van der Waals surface area contributed by atoms with E-state index in [1.807, 2.05) is 30.3 Å². The summed E-state index contributed by atoms with van der Waals surface area (Å²) < 4.78 is 64.2. The van der Waals surface area contributed by atoms with Crippen LogP contribution in [0, 0.1) is 6.92 Å². The first-order valence-corrected chi connectivity index (χ1v) is 14.3. The second-order valence-corrected chi connectivity index (χ2v) is 11.6. The summed E-state index contributed by atoms with van der Waals surface area (Å²) in [6, 6.07) is 14.9. The standard InChI is InChI=1S/C28H26F3N5O5S/c1-19-25(37)36(22-7-9-23(10-8-22)42(40,41)28(29,30)31)27(39)35(19)18-20-11-12-32-17-24(20)26(38)34-15-13-33(14-16-34)21-5-3-2-4-6-21/h2-12,17,37H,13-16,18H2,1H3. The quantitative estimate of drug-likeness (QED) is 0.360. The minimum atomic E-state index is -5.58. The number of amides is 1. The third-order valence-electron chi connectivity index (χ3n) is 7.23. The first-order chi connectivity index (χ1) is 19.9. The van der Waals surface area contributed by atoms with Crippen LogP contribution >= 0.6 is 0 Å². The number of hydrogen-bond donors (Lipinski definition) is 1. The Morgan fingerprint density at radius 3 is 2.21 bits per heavy atom. The number of pyridine rings is 1. The van der Waals surface area contributed by atoms with Crippen molar-refractivity contribution >= 4 is 21.4 Å². The van der Waals surface area contributed by atoms with Crippen LogP contribution in [0.1, 0.15) is 21.6 Å². The summed E-state index contributed by atoms with van der Waals surface area (Å²) in [6.07, 6.45) is 2.91. The zero-order valence-electron chi connectivity index (χ0n) is 22.3. The van der Waals surface area contributed by atoms with E-state index in [9.17, 15) is 36.3 Å². The second kappa shape index (κ2) is 11.0. The fourth-order valence-electron chi connectivity index (χ4n) is 4.87. The van der Waals surface area contributed by atoms with Crippen LogP contribution in [0.3, 0.4) is 0 Å². The van der Waals surface area contributed by atoms with Crippen molar-refractivity contribution in [2.75, 3.05) is 31.1 Å². The fourth-order valence-corrected chi connectivity index (χ4v) is 5.63. The number of sulfone groups is 1. The smallest absolute Gasteiger partial charge is 0.493 e. The van der Waals surface area contributed by atoms with E-state index in [-0.39, 0.29) is 23.8 Å². The molecule has 0 saturated carbocycles. The molecule has 4 aromatic rings. The van der Waals surface area contributed by atoms with E-state index in [2.05, 4.69) is 9.88 Å². The van der Waals surface area contributed by atoms with Gasteiger partial charge in [-0.15, -0.1) is 0 Å². The molecule has 10 nitrogen and oxygen atoms in total. The molecule has 220 valence electrons. The Kier molecular flexibility index (Phi) is 7.58. The number of benzene rings is 2. The van der Waals surface area contributed by atoms with E-state index in [4.69, 9.17) is 0 Å². The summed E-state index contributed by atoms with van der Waals surface area (Å²) in [6.45, 7) is 3.63. The minimum absolute atomic E-state index is 0.0391. The summed E-state index contributed by atoms with van der Waals surface area (Å²) in [4.78, 5) is 33.9. The molecule has 1 aliphatic heterocycles. The molecule has 5 rings (SSSR count). The number of carbonyl (C=O) groups excluding carboxylic acids is 1. The number of alkyl halides is 3. The van der Waals surface area contributed by atoms with Crippen LogP contribution in [0.2, 0.25) is 0 Å². The monoisotopic (exact) mass is 601 g/mol. The van der Waals surface area contributed by atoms with Gasteiger partial charge in [-0.25, -0.2) is 17.8 Å². The average Bonchev–Trinajstić information content (AvgIpc) is 3.20. The third-order valence-corrected chi connectivity index (χ3v) is 8.73. The highest BCUT2D eigenvalue weighted by atomic mass is 32.2. The first-order valence-electron chi connectivity index (χ1n) is 12.8. The fraction of sp³-hybridized carbons (Fsp3) is 0.250. The van der Waals surface area contributed by atoms with Crippen LogP contribution in [-0.2, 0) is 16.4 Å². The van der Waals surface area contributed by atoms with Gasteiger partial charge in [0.25, 0.3) is 15.7 Å². The molecule has 1 aliphatic rings. The number of para-hydroxylation sites is 1. The number of rotatable bonds is 6. The lowest BCUT2D eigenvalue weighted by Gasteiger charge is -2.36. The summed E-state index contributed by atoms with van der Waals surface area (Å²) >= 11 is 0. The van der Waals surface area contributed by atoms with Crippen LogP contribution in [-0.4, -0.2) is 70.1 Å². The van der Waals surface area contributed by atoms with E-state index < -0.39 is 31.8 Å². The molecule has 14 heteroatoms. The Morgan fingerprint density at radius 1 is 0.952 bits per heavy atom. The van der Waals surface area contributed by atoms with E-state index in [0.717, 1.165) is 22.4 Å². The normalized spacial score (nSPS) is 14.3. The molecule has 0 atom stereocenters. The van der Waals surface area contributed by atoms with Gasteiger partial charge in [0.05, 0.1) is 28.4 Å². The number of halogens is 3. The van der Waals surface area contributed by atoms with Crippen molar-refractivity contribution in [3.8, 4) is 11.6 Å². The SMILES string of the molecule is Cc1c(O)n(-c2ccc(S(=O)(=O)C(F)(F)F)cc2)c(=O)n1Cc1ccncc1C(=O)N1CCN(c2ccccc2)CC1. The molecule has 3 heterocycles. The summed E-state index contributed by atoms with van der Waals surface area (Å²) in [7, 11) is -5.58. The van der Waals surface area contributed by atoms with Crippen LogP contribution in [0.15, 0.2) is 82.7 Å². The number of nitrogens with zero attached hydrogens (tertiary/aromatic N) is 5. The van der Waals surface area contributed by atoms with Gasteiger partial charge < -0.3 is 14.9 Å². The van der Waals surface area contributed by atoms with Crippen molar-refractivity contribution < 1.29 is 31.5 Å². The van der Waals surface area contributed by atoms with E-state index in [1.165, 1.54) is 23.9 Å². The van der Waals surface area contributed by atoms with E-state index in [1.54, 1.807) is 11.0 Å². The van der Waals surface area contributed by atoms with Crippen LogP contribution < -0.4 is 10.6 Å². The van der Waals surface area contributed by atoms with Gasteiger partial charge in [0, 0.05) is 44.3 Å². The zero-order valence-corrected chi connectivity index (χ0v) is 23.1. The lowest BCUT2D eigenvalue weighted by atomic mass is 10.1. The maximum Gasteiger partial charge on any atom is 0.501 e. The number of carbonyl (C=O) groups is 1. The maximum atomic E-state index is 13.5. The lowest BCUT2D eigenvalue weighted by molar-refractivity contribution is -0.0436.